The van der Waals surface area contributed by atoms with Crippen molar-refractivity contribution in [2.75, 3.05) is 13.7 Å². The van der Waals surface area contributed by atoms with Crippen molar-refractivity contribution in [2.45, 2.75) is 19.1 Å². The van der Waals surface area contributed by atoms with Gasteiger partial charge in [-0.3, -0.25) is 0 Å². The number of methoxy groups -OCH3 is 1. The van der Waals surface area contributed by atoms with Gasteiger partial charge < -0.3 is 14.8 Å². The van der Waals surface area contributed by atoms with Gasteiger partial charge in [0.25, 0.3) is 0 Å². The van der Waals surface area contributed by atoms with E-state index in [-0.39, 0.29) is 11.8 Å². The number of nitrogens with zero attached hydrogens (tertiary/aromatic N) is 4. The van der Waals surface area contributed by atoms with Crippen LogP contribution in [-0.4, -0.2) is 39.8 Å². The number of para-hydroxylation sites is 1. The van der Waals surface area contributed by atoms with E-state index in [1.165, 1.54) is 0 Å². The first-order chi connectivity index (χ1) is 15.1. The van der Waals surface area contributed by atoms with Gasteiger partial charge in [-0.2, -0.15) is 13.9 Å². The summed E-state index contributed by atoms with van der Waals surface area (Å²) < 4.78 is 37.6. The van der Waals surface area contributed by atoms with Crippen LogP contribution in [0.15, 0.2) is 54.7 Å². The number of nitrogens with one attached hydrogen (secondary N) is 1. The molecule has 4 aromatic rings. The number of pyridine rings is 1. The standard InChI is InChI=1S/C22H19F2N5O2/c1-30-19-9-6-13(12-26-19)15-7-8-18-27-16-10-11-25-20(21(16)29(18)28-15)14-4-2-3-5-17(14)31-22(23)24/h2-9,12,20,22,25H,10-11H2,1H3. The van der Waals surface area contributed by atoms with Crippen molar-refractivity contribution in [1.82, 2.24) is 24.9 Å². The van der Waals surface area contributed by atoms with Gasteiger partial charge in [-0.1, -0.05) is 18.2 Å². The van der Waals surface area contributed by atoms with E-state index >= 15 is 0 Å². The molecule has 158 valence electrons. The van der Waals surface area contributed by atoms with Crippen molar-refractivity contribution in [2.24, 2.45) is 0 Å². The molecular formula is C22H19F2N5O2. The smallest absolute Gasteiger partial charge is 0.387 e. The lowest BCUT2D eigenvalue weighted by molar-refractivity contribution is -0.0506. The molecule has 0 bridgehead atoms. The average Bonchev–Trinajstić information content (AvgIpc) is 3.17. The van der Waals surface area contributed by atoms with Crippen molar-refractivity contribution in [3.63, 3.8) is 0 Å². The van der Waals surface area contributed by atoms with Crippen molar-refractivity contribution in [1.29, 1.82) is 0 Å². The molecule has 0 aliphatic carbocycles. The summed E-state index contributed by atoms with van der Waals surface area (Å²) in [4.78, 5) is 8.96. The number of hydrogen-bond acceptors (Lipinski definition) is 6. The highest BCUT2D eigenvalue weighted by Crippen LogP contribution is 2.35. The van der Waals surface area contributed by atoms with Gasteiger partial charge in [0.05, 0.1) is 30.2 Å². The Balaban J connectivity index is 1.62. The fourth-order valence-electron chi connectivity index (χ4n) is 3.89. The van der Waals surface area contributed by atoms with Crippen molar-refractivity contribution in [3.8, 4) is 22.9 Å². The molecule has 0 radical (unpaired) electrons. The third-order valence-corrected chi connectivity index (χ3v) is 5.26. The fourth-order valence-corrected chi connectivity index (χ4v) is 3.89. The lowest BCUT2D eigenvalue weighted by Gasteiger charge is -2.25. The number of ether oxygens (including phenoxy) is 2. The molecule has 7 nitrogen and oxygen atoms in total. The maximum atomic E-state index is 13.0. The Hall–Kier alpha value is -3.59. The van der Waals surface area contributed by atoms with Gasteiger partial charge >= 0.3 is 6.61 Å². The van der Waals surface area contributed by atoms with Crippen LogP contribution >= 0.6 is 0 Å². The molecule has 1 aromatic carbocycles. The van der Waals surface area contributed by atoms with Crippen LogP contribution in [0.25, 0.3) is 16.9 Å². The third-order valence-electron chi connectivity index (χ3n) is 5.26. The van der Waals surface area contributed by atoms with Gasteiger partial charge in [0.15, 0.2) is 5.65 Å². The van der Waals surface area contributed by atoms with Crippen LogP contribution in [0, 0.1) is 0 Å². The number of rotatable bonds is 5. The molecule has 0 amide bonds. The predicted octanol–water partition coefficient (Wildman–Crippen LogP) is 3.64. The molecule has 1 aliphatic heterocycles. The van der Waals surface area contributed by atoms with Crippen LogP contribution in [0.5, 0.6) is 11.6 Å². The molecule has 5 rings (SSSR count). The van der Waals surface area contributed by atoms with E-state index in [1.807, 2.05) is 18.2 Å². The molecule has 9 heteroatoms. The molecule has 1 aliphatic rings. The largest absolute Gasteiger partial charge is 0.481 e. The first kappa shape index (κ1) is 19.4. The summed E-state index contributed by atoms with van der Waals surface area (Å²) >= 11 is 0. The highest BCUT2D eigenvalue weighted by atomic mass is 19.3. The van der Waals surface area contributed by atoms with Crippen molar-refractivity contribution < 1.29 is 18.3 Å². The zero-order valence-corrected chi connectivity index (χ0v) is 16.6. The average molecular weight is 423 g/mol. The van der Waals surface area contributed by atoms with Gasteiger partial charge in [0.2, 0.25) is 5.88 Å². The Kier molecular flexibility index (Phi) is 4.95. The summed E-state index contributed by atoms with van der Waals surface area (Å²) in [5, 5.41) is 8.19. The topological polar surface area (TPSA) is 73.6 Å². The summed E-state index contributed by atoms with van der Waals surface area (Å²) in [6.07, 6.45) is 2.41. The zero-order valence-electron chi connectivity index (χ0n) is 16.6. The highest BCUT2D eigenvalue weighted by molar-refractivity contribution is 5.60. The van der Waals surface area contributed by atoms with Gasteiger partial charge in [-0.15, -0.1) is 0 Å². The molecule has 0 saturated carbocycles. The lowest BCUT2D eigenvalue weighted by Crippen LogP contribution is -2.32. The monoisotopic (exact) mass is 423 g/mol. The molecular weight excluding hydrogens is 404 g/mol. The van der Waals surface area contributed by atoms with Gasteiger partial charge in [0.1, 0.15) is 5.75 Å². The van der Waals surface area contributed by atoms with Crippen LogP contribution in [0.1, 0.15) is 23.0 Å². The molecule has 1 N–H and O–H groups in total. The molecule has 31 heavy (non-hydrogen) atoms. The SMILES string of the molecule is COc1ccc(-c2ccc3nc4c(n3n2)C(c2ccccc2OC(F)F)NCC4)cn1. The van der Waals surface area contributed by atoms with Crippen molar-refractivity contribution in [3.05, 3.63) is 71.7 Å². The Morgan fingerprint density at radius 2 is 2.00 bits per heavy atom. The number of fused-ring (bicyclic) bond motifs is 3. The van der Waals surface area contributed by atoms with E-state index in [4.69, 9.17) is 19.6 Å². The van der Waals surface area contributed by atoms with Crippen molar-refractivity contribution >= 4 is 5.65 Å². The van der Waals surface area contributed by atoms with E-state index in [0.29, 0.717) is 35.8 Å². The fraction of sp³-hybridized carbons (Fsp3) is 0.227. The maximum absolute atomic E-state index is 13.0. The Labute approximate surface area is 176 Å². The number of aromatic nitrogens is 4. The number of alkyl halides is 2. The van der Waals surface area contributed by atoms with Crippen LogP contribution in [0.2, 0.25) is 0 Å². The van der Waals surface area contributed by atoms with E-state index in [2.05, 4.69) is 10.3 Å². The molecule has 1 unspecified atom stereocenters. The first-order valence-corrected chi connectivity index (χ1v) is 9.80. The molecule has 0 spiro atoms. The second kappa shape index (κ2) is 7.92. The van der Waals surface area contributed by atoms with Gasteiger partial charge in [0, 0.05) is 36.4 Å². The zero-order chi connectivity index (χ0) is 21.4. The number of benzene rings is 1. The van der Waals surface area contributed by atoms with Crippen LogP contribution in [0.4, 0.5) is 8.78 Å². The summed E-state index contributed by atoms with van der Waals surface area (Å²) in [6.45, 7) is -2.24. The molecule has 4 heterocycles. The first-order valence-electron chi connectivity index (χ1n) is 9.80. The Morgan fingerprint density at radius 1 is 1.13 bits per heavy atom. The number of halogens is 2. The number of hydrogen-bond donors (Lipinski definition) is 1. The third kappa shape index (κ3) is 3.57. The van der Waals surface area contributed by atoms with Crippen LogP contribution in [0.3, 0.4) is 0 Å². The van der Waals surface area contributed by atoms with E-state index in [9.17, 15) is 8.78 Å². The Morgan fingerprint density at radius 3 is 2.77 bits per heavy atom. The van der Waals surface area contributed by atoms with Gasteiger partial charge in [-0.25, -0.2) is 14.5 Å². The molecule has 0 saturated heterocycles. The van der Waals surface area contributed by atoms with Crippen LogP contribution < -0.4 is 14.8 Å². The normalized spacial score (nSPS) is 15.8. The second-order valence-corrected chi connectivity index (χ2v) is 7.08. The highest BCUT2D eigenvalue weighted by Gasteiger charge is 2.30. The molecule has 3 aromatic heterocycles. The maximum Gasteiger partial charge on any atom is 0.387 e. The van der Waals surface area contributed by atoms with E-state index in [1.54, 1.807) is 48.2 Å². The Bertz CT molecular complexity index is 1230. The van der Waals surface area contributed by atoms with Gasteiger partial charge in [-0.05, 0) is 24.3 Å². The minimum atomic E-state index is -2.90. The van der Waals surface area contributed by atoms with Crippen LogP contribution in [-0.2, 0) is 6.42 Å². The summed E-state index contributed by atoms with van der Waals surface area (Å²) in [5.74, 6) is 0.651. The van der Waals surface area contributed by atoms with E-state index in [0.717, 1.165) is 17.0 Å². The number of imidazole rings is 1. The second-order valence-electron chi connectivity index (χ2n) is 7.08. The lowest BCUT2D eigenvalue weighted by atomic mass is 9.97. The minimum absolute atomic E-state index is 0.133. The molecule has 1 atom stereocenters. The predicted molar refractivity (Wildman–Crippen MR) is 109 cm³/mol. The summed E-state index contributed by atoms with van der Waals surface area (Å²) in [5.41, 5.74) is 4.54. The summed E-state index contributed by atoms with van der Waals surface area (Å²) in [7, 11) is 1.56. The summed E-state index contributed by atoms with van der Waals surface area (Å²) in [6, 6.07) is 13.8. The molecule has 0 fully saturated rings. The minimum Gasteiger partial charge on any atom is -0.481 e. The van der Waals surface area contributed by atoms with E-state index < -0.39 is 6.61 Å². The quantitative estimate of drug-likeness (QED) is 0.529.